The van der Waals surface area contributed by atoms with Gasteiger partial charge in [-0.25, -0.2) is 9.78 Å². The number of imidazole rings is 1. The van der Waals surface area contributed by atoms with Crippen molar-refractivity contribution in [1.82, 2.24) is 30.2 Å². The summed E-state index contributed by atoms with van der Waals surface area (Å²) in [5, 5.41) is 15.5. The van der Waals surface area contributed by atoms with Crippen molar-refractivity contribution >= 4 is 40.1 Å². The molecule has 0 atom stereocenters. The van der Waals surface area contributed by atoms with E-state index in [-0.39, 0.29) is 5.97 Å². The molecule has 0 aliphatic rings. The molecule has 0 saturated carbocycles. The number of thioether (sulfide) groups is 1. The molecule has 0 aliphatic heterocycles. The van der Waals surface area contributed by atoms with E-state index in [0.717, 1.165) is 55.5 Å². The van der Waals surface area contributed by atoms with E-state index in [0.29, 0.717) is 17.2 Å². The zero-order valence-corrected chi connectivity index (χ0v) is 23.4. The molecule has 1 N–H and O–H groups in total. The SMILES string of the molecule is CCCCCCSc1nc2c(C)sc(C(=O)OC)c2n1Cc1ccc(-c2ccccc2-c2nn[nH]n2)cc1. The van der Waals surface area contributed by atoms with Gasteiger partial charge in [-0.05, 0) is 35.2 Å². The number of carbonyl (C=O) groups is 1. The number of benzene rings is 2. The summed E-state index contributed by atoms with van der Waals surface area (Å²) in [5.41, 5.74) is 5.90. The summed E-state index contributed by atoms with van der Waals surface area (Å²) in [6, 6.07) is 16.5. The van der Waals surface area contributed by atoms with Crippen molar-refractivity contribution in [2.45, 2.75) is 51.2 Å². The van der Waals surface area contributed by atoms with Crippen LogP contribution in [-0.4, -0.2) is 49.0 Å². The highest BCUT2D eigenvalue weighted by atomic mass is 32.2. The molecule has 0 aliphatic carbocycles. The number of tetrazole rings is 1. The van der Waals surface area contributed by atoms with Crippen molar-refractivity contribution in [2.24, 2.45) is 0 Å². The van der Waals surface area contributed by atoms with E-state index in [1.165, 1.54) is 37.7 Å². The van der Waals surface area contributed by atoms with Crippen LogP contribution in [0.25, 0.3) is 33.5 Å². The Bertz CT molecular complexity index is 1520. The van der Waals surface area contributed by atoms with Crippen LogP contribution in [0.1, 0.15) is 52.7 Å². The number of hydrogen-bond acceptors (Lipinski definition) is 8. The Morgan fingerprint density at radius 3 is 2.58 bits per heavy atom. The molecular formula is C28H30N6O2S2. The van der Waals surface area contributed by atoms with Gasteiger partial charge in [-0.2, -0.15) is 5.21 Å². The number of nitrogens with one attached hydrogen (secondary N) is 1. The minimum Gasteiger partial charge on any atom is -0.465 e. The van der Waals surface area contributed by atoms with Crippen LogP contribution in [0.4, 0.5) is 0 Å². The molecule has 3 aromatic heterocycles. The number of fused-ring (bicyclic) bond motifs is 1. The Hall–Kier alpha value is -3.50. The van der Waals surface area contributed by atoms with Gasteiger partial charge in [-0.15, -0.1) is 21.5 Å². The van der Waals surface area contributed by atoms with E-state index < -0.39 is 0 Å². The van der Waals surface area contributed by atoms with E-state index in [4.69, 9.17) is 9.72 Å². The number of esters is 1. The molecule has 8 nitrogen and oxygen atoms in total. The summed E-state index contributed by atoms with van der Waals surface area (Å²) in [4.78, 5) is 19.3. The second-order valence-corrected chi connectivity index (χ2v) is 11.3. The van der Waals surface area contributed by atoms with Gasteiger partial charge in [-0.1, -0.05) is 86.5 Å². The first-order chi connectivity index (χ1) is 18.6. The molecule has 0 fully saturated rings. The maximum atomic E-state index is 12.6. The fourth-order valence-corrected chi connectivity index (χ4v) is 6.53. The fourth-order valence-electron chi connectivity index (χ4n) is 4.52. The second kappa shape index (κ2) is 11.9. The molecule has 0 amide bonds. The Morgan fingerprint density at radius 2 is 1.87 bits per heavy atom. The number of hydrogen-bond donors (Lipinski definition) is 1. The molecule has 196 valence electrons. The summed E-state index contributed by atoms with van der Waals surface area (Å²) in [7, 11) is 1.43. The van der Waals surface area contributed by atoms with Gasteiger partial charge < -0.3 is 9.30 Å². The predicted octanol–water partition coefficient (Wildman–Crippen LogP) is 6.76. The third-order valence-electron chi connectivity index (χ3n) is 6.46. The summed E-state index contributed by atoms with van der Waals surface area (Å²) >= 11 is 3.21. The van der Waals surface area contributed by atoms with Crippen molar-refractivity contribution < 1.29 is 9.53 Å². The van der Waals surface area contributed by atoms with Crippen LogP contribution in [0, 0.1) is 6.92 Å². The molecule has 0 unspecified atom stereocenters. The van der Waals surface area contributed by atoms with Gasteiger partial charge in [0.05, 0.1) is 19.2 Å². The number of H-pyrrole nitrogens is 1. The van der Waals surface area contributed by atoms with Crippen LogP contribution >= 0.6 is 23.1 Å². The number of aryl methyl sites for hydroxylation is 1. The van der Waals surface area contributed by atoms with Crippen molar-refractivity contribution in [3.63, 3.8) is 0 Å². The molecule has 3 heterocycles. The number of nitrogens with zero attached hydrogens (tertiary/aromatic N) is 5. The monoisotopic (exact) mass is 546 g/mol. The first-order valence-electron chi connectivity index (χ1n) is 12.7. The number of carbonyl (C=O) groups excluding carboxylic acids is 1. The van der Waals surface area contributed by atoms with Crippen molar-refractivity contribution in [2.75, 3.05) is 12.9 Å². The first-order valence-corrected chi connectivity index (χ1v) is 14.5. The summed E-state index contributed by atoms with van der Waals surface area (Å²) in [6.07, 6.45) is 4.83. The second-order valence-electron chi connectivity index (χ2n) is 9.04. The normalized spacial score (nSPS) is 11.3. The standard InChI is InChI=1S/C28H30N6O2S2/c1-4-5-6-9-16-37-28-29-23-18(2)38-25(27(35)36-3)24(23)34(28)17-19-12-14-20(15-13-19)21-10-7-8-11-22(21)26-30-32-33-31-26/h7-8,10-15H,4-6,9,16-17H2,1-3H3,(H,30,31,32,33). The third-order valence-corrected chi connectivity index (χ3v) is 8.58. The van der Waals surface area contributed by atoms with Gasteiger partial charge in [0.25, 0.3) is 0 Å². The molecule has 0 bridgehead atoms. The quantitative estimate of drug-likeness (QED) is 0.111. The van der Waals surface area contributed by atoms with Gasteiger partial charge in [0, 0.05) is 16.2 Å². The van der Waals surface area contributed by atoms with Crippen LogP contribution in [-0.2, 0) is 11.3 Å². The smallest absolute Gasteiger partial charge is 0.350 e. The molecular weight excluding hydrogens is 516 g/mol. The van der Waals surface area contributed by atoms with Gasteiger partial charge in [-0.3, -0.25) is 0 Å². The topological polar surface area (TPSA) is 98.6 Å². The molecule has 0 radical (unpaired) electrons. The van der Waals surface area contributed by atoms with Crippen molar-refractivity contribution in [3.05, 3.63) is 63.8 Å². The van der Waals surface area contributed by atoms with E-state index in [2.05, 4.69) is 62.4 Å². The zero-order valence-electron chi connectivity index (χ0n) is 21.7. The Labute approximate surface area is 229 Å². The van der Waals surface area contributed by atoms with Gasteiger partial charge >= 0.3 is 5.97 Å². The summed E-state index contributed by atoms with van der Waals surface area (Å²) < 4.78 is 7.29. The lowest BCUT2D eigenvalue weighted by Crippen LogP contribution is -2.06. The van der Waals surface area contributed by atoms with E-state index in [9.17, 15) is 4.79 Å². The average molecular weight is 547 g/mol. The minimum absolute atomic E-state index is 0.317. The number of aromatic amines is 1. The van der Waals surface area contributed by atoms with Crippen LogP contribution < -0.4 is 0 Å². The lowest BCUT2D eigenvalue weighted by Gasteiger charge is -2.12. The van der Waals surface area contributed by atoms with E-state index in [1.54, 1.807) is 11.8 Å². The van der Waals surface area contributed by atoms with Crippen LogP contribution in [0.2, 0.25) is 0 Å². The number of aromatic nitrogens is 6. The minimum atomic E-state index is -0.317. The van der Waals surface area contributed by atoms with E-state index >= 15 is 0 Å². The summed E-state index contributed by atoms with van der Waals surface area (Å²) in [5.74, 6) is 1.25. The zero-order chi connectivity index (χ0) is 26.5. The van der Waals surface area contributed by atoms with Gasteiger partial charge in [0.2, 0.25) is 5.82 Å². The number of thiophene rings is 1. The van der Waals surface area contributed by atoms with E-state index in [1.807, 2.05) is 25.1 Å². The highest BCUT2D eigenvalue weighted by Crippen LogP contribution is 2.36. The number of methoxy groups -OCH3 is 1. The molecule has 2 aromatic carbocycles. The highest BCUT2D eigenvalue weighted by Gasteiger charge is 2.24. The predicted molar refractivity (Wildman–Crippen MR) is 153 cm³/mol. The number of rotatable bonds is 11. The first kappa shape index (κ1) is 26.1. The molecule has 0 spiro atoms. The average Bonchev–Trinajstić information content (AvgIpc) is 3.67. The molecule has 38 heavy (non-hydrogen) atoms. The lowest BCUT2D eigenvalue weighted by molar-refractivity contribution is 0.0608. The van der Waals surface area contributed by atoms with Gasteiger partial charge in [0.1, 0.15) is 10.4 Å². The molecule has 5 aromatic rings. The molecule has 0 saturated heterocycles. The van der Waals surface area contributed by atoms with Crippen molar-refractivity contribution in [1.29, 1.82) is 0 Å². The maximum Gasteiger partial charge on any atom is 0.350 e. The summed E-state index contributed by atoms with van der Waals surface area (Å²) in [6.45, 7) is 4.85. The highest BCUT2D eigenvalue weighted by molar-refractivity contribution is 7.99. The number of unbranched alkanes of at least 4 members (excludes halogenated alkanes) is 3. The largest absolute Gasteiger partial charge is 0.465 e. The molecule has 5 rings (SSSR count). The lowest BCUT2D eigenvalue weighted by atomic mass is 9.98. The van der Waals surface area contributed by atoms with Crippen LogP contribution in [0.15, 0.2) is 53.7 Å². The van der Waals surface area contributed by atoms with Crippen molar-refractivity contribution in [3.8, 4) is 22.5 Å². The number of ether oxygens (including phenoxy) is 1. The maximum absolute atomic E-state index is 12.6. The van der Waals surface area contributed by atoms with Crippen LogP contribution in [0.3, 0.4) is 0 Å². The Morgan fingerprint density at radius 1 is 1.08 bits per heavy atom. The van der Waals surface area contributed by atoms with Crippen LogP contribution in [0.5, 0.6) is 0 Å². The fraction of sp³-hybridized carbons (Fsp3) is 0.321. The molecule has 10 heteroatoms. The Kier molecular flexibility index (Phi) is 8.19. The Balaban J connectivity index is 1.47. The third kappa shape index (κ3) is 5.37. The van der Waals surface area contributed by atoms with Gasteiger partial charge in [0.15, 0.2) is 5.16 Å².